The highest BCUT2D eigenvalue weighted by atomic mass is 32.2. The van der Waals surface area contributed by atoms with Crippen molar-refractivity contribution in [1.82, 2.24) is 10.0 Å². The summed E-state index contributed by atoms with van der Waals surface area (Å²) in [4.78, 5) is 12.5. The van der Waals surface area contributed by atoms with Crippen molar-refractivity contribution < 1.29 is 23.1 Å². The average molecular weight is 423 g/mol. The summed E-state index contributed by atoms with van der Waals surface area (Å²) in [5.41, 5.74) is 0.965. The van der Waals surface area contributed by atoms with Gasteiger partial charge in [-0.05, 0) is 31.9 Å². The fourth-order valence-electron chi connectivity index (χ4n) is 3.79. The molecule has 3 atom stereocenters. The molecule has 0 aromatic heterocycles. The van der Waals surface area contributed by atoms with Gasteiger partial charge in [-0.15, -0.1) is 0 Å². The number of hydrogen-bond acceptors (Lipinski definition) is 5. The Kier molecular flexibility index (Phi) is 7.45. The molecule has 7 nitrogen and oxygen atoms in total. The summed E-state index contributed by atoms with van der Waals surface area (Å²) in [5.74, 6) is -0.0816. The molecule has 1 heterocycles. The fraction of sp³-hybridized carbons (Fsp3) is 0.571. The number of rotatable bonds is 7. The Hall–Kier alpha value is -1.74. The van der Waals surface area contributed by atoms with Gasteiger partial charge in [0, 0.05) is 6.04 Å². The number of aryl methyl sites for hydroxylation is 1. The van der Waals surface area contributed by atoms with Gasteiger partial charge in [-0.1, -0.05) is 49.1 Å². The van der Waals surface area contributed by atoms with Crippen LogP contribution in [0.4, 0.5) is 0 Å². The van der Waals surface area contributed by atoms with E-state index < -0.39 is 28.3 Å². The highest BCUT2D eigenvalue weighted by molar-refractivity contribution is 7.89. The molecule has 0 unspecified atom stereocenters. The third-order valence-electron chi connectivity index (χ3n) is 5.44. The number of nitrogens with one attached hydrogen (secondary N) is 2. The molecule has 0 radical (unpaired) electrons. The van der Waals surface area contributed by atoms with Gasteiger partial charge in [0.1, 0.15) is 6.10 Å². The molecule has 0 spiro atoms. The van der Waals surface area contributed by atoms with Gasteiger partial charge in [-0.25, -0.2) is 13.1 Å². The van der Waals surface area contributed by atoms with E-state index in [1.165, 1.54) is 18.6 Å². The van der Waals surface area contributed by atoms with Gasteiger partial charge in [-0.2, -0.15) is 0 Å². The molecule has 1 aromatic carbocycles. The zero-order valence-corrected chi connectivity index (χ0v) is 17.5. The zero-order chi connectivity index (χ0) is 20.9. The number of hydrogen-bond donors (Lipinski definition) is 3. The monoisotopic (exact) mass is 422 g/mol. The maximum atomic E-state index is 12.6. The van der Waals surface area contributed by atoms with Crippen molar-refractivity contribution in [1.29, 1.82) is 0 Å². The van der Waals surface area contributed by atoms with Crippen LogP contribution in [0.15, 0.2) is 41.3 Å². The summed E-state index contributed by atoms with van der Waals surface area (Å²) in [6.45, 7) is 1.53. The summed E-state index contributed by atoms with van der Waals surface area (Å²) in [6.07, 6.45) is 7.78. The second-order valence-electron chi connectivity index (χ2n) is 7.85. The van der Waals surface area contributed by atoms with E-state index in [-0.39, 0.29) is 29.9 Å². The van der Waals surface area contributed by atoms with Crippen molar-refractivity contribution in [2.75, 3.05) is 6.61 Å². The Labute approximate surface area is 172 Å². The van der Waals surface area contributed by atoms with Crippen molar-refractivity contribution >= 4 is 15.9 Å². The number of amides is 1. The predicted octanol–water partition coefficient (Wildman–Crippen LogP) is 1.80. The minimum absolute atomic E-state index is 0.0816. The lowest BCUT2D eigenvalue weighted by Crippen LogP contribution is -2.49. The Morgan fingerprint density at radius 3 is 2.48 bits per heavy atom. The quantitative estimate of drug-likeness (QED) is 0.581. The normalized spacial score (nSPS) is 25.7. The highest BCUT2D eigenvalue weighted by Gasteiger charge is 2.31. The second kappa shape index (κ2) is 9.84. The van der Waals surface area contributed by atoms with Gasteiger partial charge in [0.05, 0.1) is 30.1 Å². The number of aliphatic hydroxyl groups excluding tert-OH is 1. The molecule has 0 saturated heterocycles. The number of carbonyl (C=O) groups is 1. The van der Waals surface area contributed by atoms with E-state index in [4.69, 9.17) is 4.74 Å². The fourth-order valence-corrected chi connectivity index (χ4v) is 5.01. The van der Waals surface area contributed by atoms with Gasteiger partial charge >= 0.3 is 0 Å². The second-order valence-corrected chi connectivity index (χ2v) is 9.56. The van der Waals surface area contributed by atoms with Crippen molar-refractivity contribution in [3.63, 3.8) is 0 Å². The lowest BCUT2D eigenvalue weighted by Gasteiger charge is -2.32. The Balaban J connectivity index is 1.59. The van der Waals surface area contributed by atoms with Gasteiger partial charge < -0.3 is 15.2 Å². The van der Waals surface area contributed by atoms with Crippen LogP contribution in [-0.4, -0.2) is 50.3 Å². The van der Waals surface area contributed by atoms with Gasteiger partial charge in [0.25, 0.3) is 0 Å². The topological polar surface area (TPSA) is 105 Å². The number of sulfonamides is 1. The van der Waals surface area contributed by atoms with Crippen LogP contribution >= 0.6 is 0 Å². The summed E-state index contributed by atoms with van der Waals surface area (Å²) in [7, 11) is -3.75. The van der Waals surface area contributed by atoms with Crippen LogP contribution in [0, 0.1) is 6.92 Å². The maximum Gasteiger partial charge on any atom is 0.241 e. The minimum atomic E-state index is -3.75. The Morgan fingerprint density at radius 1 is 1.14 bits per heavy atom. The standard InChI is InChI=1S/C21H30N2O5S/c1-15-7-10-18(11-8-15)29(26,27)23-19-12-9-17(28-20(19)14-24)13-21(25)22-16-5-3-2-4-6-16/h7-12,16-17,19-20,23-24H,2-6,13-14H2,1H3,(H,22,25)/t17-,19-,20-/m0/s1. The third-order valence-corrected chi connectivity index (χ3v) is 6.92. The zero-order valence-electron chi connectivity index (χ0n) is 16.7. The van der Waals surface area contributed by atoms with E-state index in [2.05, 4.69) is 10.0 Å². The van der Waals surface area contributed by atoms with Crippen molar-refractivity contribution in [2.24, 2.45) is 0 Å². The molecule has 1 saturated carbocycles. The molecule has 1 aliphatic carbocycles. The van der Waals surface area contributed by atoms with Crippen molar-refractivity contribution in [2.45, 2.75) is 74.6 Å². The number of carbonyl (C=O) groups excluding carboxylic acids is 1. The lowest BCUT2D eigenvalue weighted by molar-refractivity contribution is -0.126. The maximum absolute atomic E-state index is 12.6. The number of aliphatic hydroxyl groups is 1. The summed E-state index contributed by atoms with van der Waals surface area (Å²) >= 11 is 0. The first-order chi connectivity index (χ1) is 13.9. The van der Waals surface area contributed by atoms with Crippen LogP contribution < -0.4 is 10.0 Å². The van der Waals surface area contributed by atoms with E-state index in [1.54, 1.807) is 24.3 Å². The van der Waals surface area contributed by atoms with Crippen LogP contribution in [-0.2, 0) is 19.6 Å². The molecule has 3 N–H and O–H groups in total. The first-order valence-electron chi connectivity index (χ1n) is 10.2. The van der Waals surface area contributed by atoms with Crippen LogP contribution in [0.2, 0.25) is 0 Å². The molecule has 160 valence electrons. The summed E-state index contributed by atoms with van der Waals surface area (Å²) in [6, 6.07) is 6.06. The van der Waals surface area contributed by atoms with Crippen LogP contribution in [0.25, 0.3) is 0 Å². The Bertz CT molecular complexity index is 816. The molecule has 3 rings (SSSR count). The SMILES string of the molecule is Cc1ccc(S(=O)(=O)N[C@H]2C=C[C@@H](CC(=O)NC3CCCCC3)O[C@H]2CO)cc1. The van der Waals surface area contributed by atoms with E-state index in [9.17, 15) is 18.3 Å². The molecule has 1 aliphatic heterocycles. The molecular weight excluding hydrogens is 392 g/mol. The highest BCUT2D eigenvalue weighted by Crippen LogP contribution is 2.20. The molecule has 29 heavy (non-hydrogen) atoms. The van der Waals surface area contributed by atoms with Gasteiger partial charge in [0.15, 0.2) is 0 Å². The van der Waals surface area contributed by atoms with E-state index in [1.807, 2.05) is 6.92 Å². The average Bonchev–Trinajstić information content (AvgIpc) is 2.70. The molecule has 0 bridgehead atoms. The largest absolute Gasteiger partial charge is 0.394 e. The first kappa shape index (κ1) is 22.0. The number of ether oxygens (including phenoxy) is 1. The smallest absolute Gasteiger partial charge is 0.241 e. The molecule has 1 aromatic rings. The van der Waals surface area contributed by atoms with Crippen LogP contribution in [0.1, 0.15) is 44.1 Å². The Morgan fingerprint density at radius 2 is 1.83 bits per heavy atom. The predicted molar refractivity (Wildman–Crippen MR) is 110 cm³/mol. The van der Waals surface area contributed by atoms with Crippen LogP contribution in [0.5, 0.6) is 0 Å². The van der Waals surface area contributed by atoms with Gasteiger partial charge in [0.2, 0.25) is 15.9 Å². The molecular formula is C21H30N2O5S. The third kappa shape index (κ3) is 6.12. The van der Waals surface area contributed by atoms with Crippen molar-refractivity contribution in [3.05, 3.63) is 42.0 Å². The summed E-state index contributed by atoms with van der Waals surface area (Å²) < 4.78 is 33.6. The van der Waals surface area contributed by atoms with Crippen molar-refractivity contribution in [3.8, 4) is 0 Å². The number of benzene rings is 1. The lowest BCUT2D eigenvalue weighted by atomic mass is 9.95. The van der Waals surface area contributed by atoms with E-state index >= 15 is 0 Å². The van der Waals surface area contributed by atoms with E-state index in [0.29, 0.717) is 0 Å². The summed E-state index contributed by atoms with van der Waals surface area (Å²) in [5, 5.41) is 12.7. The van der Waals surface area contributed by atoms with Crippen LogP contribution in [0.3, 0.4) is 0 Å². The molecule has 8 heteroatoms. The van der Waals surface area contributed by atoms with Gasteiger partial charge in [-0.3, -0.25) is 4.79 Å². The van der Waals surface area contributed by atoms with E-state index in [0.717, 1.165) is 31.2 Å². The first-order valence-corrected chi connectivity index (χ1v) is 11.7. The molecule has 2 aliphatic rings. The molecule has 1 fully saturated rings. The molecule has 1 amide bonds. The minimum Gasteiger partial charge on any atom is -0.394 e.